The lowest BCUT2D eigenvalue weighted by Crippen LogP contribution is -2.41. The predicted octanol–water partition coefficient (Wildman–Crippen LogP) is 4.37. The van der Waals surface area contributed by atoms with Crippen molar-refractivity contribution in [2.45, 2.75) is 12.3 Å². The van der Waals surface area contributed by atoms with Crippen molar-refractivity contribution in [1.29, 1.82) is 0 Å². The minimum atomic E-state index is 0.471. The second-order valence-corrected chi connectivity index (χ2v) is 6.60. The first-order valence-corrected chi connectivity index (χ1v) is 8.95. The van der Waals surface area contributed by atoms with Gasteiger partial charge >= 0.3 is 0 Å². The number of methoxy groups -OCH3 is 1. The van der Waals surface area contributed by atoms with Crippen molar-refractivity contribution in [2.24, 2.45) is 5.92 Å². The van der Waals surface area contributed by atoms with Crippen molar-refractivity contribution in [3.63, 3.8) is 0 Å². The van der Waals surface area contributed by atoms with Crippen LogP contribution in [0.5, 0.6) is 11.5 Å². The first-order valence-electron chi connectivity index (χ1n) is 8.95. The number of hydrogen-bond donors (Lipinski definition) is 0. The Morgan fingerprint density at radius 2 is 1.80 bits per heavy atom. The van der Waals surface area contributed by atoms with Gasteiger partial charge in [0.25, 0.3) is 0 Å². The van der Waals surface area contributed by atoms with Crippen molar-refractivity contribution >= 4 is 0 Å². The molecule has 0 N–H and O–H groups in total. The Kier molecular flexibility index (Phi) is 6.13. The van der Waals surface area contributed by atoms with Crippen molar-refractivity contribution in [3.8, 4) is 11.5 Å². The van der Waals surface area contributed by atoms with Crippen molar-refractivity contribution < 1.29 is 9.47 Å². The van der Waals surface area contributed by atoms with E-state index >= 15 is 0 Å². The highest BCUT2D eigenvalue weighted by Gasteiger charge is 2.30. The molecular weight excluding hydrogens is 310 g/mol. The fourth-order valence-corrected chi connectivity index (χ4v) is 3.64. The fraction of sp³-hybridized carbons (Fsp3) is 0.364. The molecule has 2 aromatic carbocycles. The molecule has 0 saturated carbocycles. The van der Waals surface area contributed by atoms with Crippen LogP contribution in [0.25, 0.3) is 0 Å². The fourth-order valence-electron chi connectivity index (χ4n) is 3.64. The van der Waals surface area contributed by atoms with Gasteiger partial charge < -0.3 is 9.47 Å². The maximum Gasteiger partial charge on any atom is 0.119 e. The van der Waals surface area contributed by atoms with E-state index in [0.29, 0.717) is 11.8 Å². The third-order valence-electron chi connectivity index (χ3n) is 4.96. The summed E-state index contributed by atoms with van der Waals surface area (Å²) < 4.78 is 11.3. The van der Waals surface area contributed by atoms with E-state index in [4.69, 9.17) is 9.47 Å². The van der Waals surface area contributed by atoms with Crippen molar-refractivity contribution in [1.82, 2.24) is 4.90 Å². The van der Waals surface area contributed by atoms with E-state index in [0.717, 1.165) is 44.2 Å². The zero-order chi connectivity index (χ0) is 17.5. The Bertz CT molecular complexity index is 653. The molecule has 3 heteroatoms. The van der Waals surface area contributed by atoms with Gasteiger partial charge in [-0.2, -0.15) is 0 Å². The quantitative estimate of drug-likeness (QED) is 0.701. The van der Waals surface area contributed by atoms with Gasteiger partial charge in [0.1, 0.15) is 11.5 Å². The van der Waals surface area contributed by atoms with E-state index in [1.54, 1.807) is 7.11 Å². The molecule has 1 heterocycles. The van der Waals surface area contributed by atoms with Gasteiger partial charge in [-0.1, -0.05) is 36.4 Å². The Morgan fingerprint density at radius 3 is 2.48 bits per heavy atom. The van der Waals surface area contributed by atoms with Crippen LogP contribution >= 0.6 is 0 Å². The molecule has 2 aromatic rings. The summed E-state index contributed by atoms with van der Waals surface area (Å²) >= 11 is 0. The van der Waals surface area contributed by atoms with E-state index in [-0.39, 0.29) is 0 Å². The first kappa shape index (κ1) is 17.6. The summed E-state index contributed by atoms with van der Waals surface area (Å²) in [5, 5.41) is 0. The number of piperidine rings is 1. The average molecular weight is 337 g/mol. The molecule has 0 radical (unpaired) electrons. The molecule has 0 aromatic heterocycles. The van der Waals surface area contributed by atoms with Crippen LogP contribution in [0.4, 0.5) is 0 Å². The highest BCUT2D eigenvalue weighted by atomic mass is 16.5. The van der Waals surface area contributed by atoms with E-state index in [1.165, 1.54) is 5.56 Å². The molecule has 3 rings (SSSR count). The summed E-state index contributed by atoms with van der Waals surface area (Å²) in [4.78, 5) is 2.47. The third kappa shape index (κ3) is 4.64. The lowest BCUT2D eigenvalue weighted by Gasteiger charge is -2.38. The van der Waals surface area contributed by atoms with Gasteiger partial charge in [-0.3, -0.25) is 4.90 Å². The second kappa shape index (κ2) is 8.72. The molecule has 132 valence electrons. The highest BCUT2D eigenvalue weighted by molar-refractivity contribution is 5.31. The van der Waals surface area contributed by atoms with Gasteiger partial charge in [0, 0.05) is 19.0 Å². The highest BCUT2D eigenvalue weighted by Crippen LogP contribution is 2.33. The Balaban J connectivity index is 1.69. The molecule has 0 unspecified atom stereocenters. The first-order chi connectivity index (χ1) is 12.3. The number of ether oxygens (including phenoxy) is 2. The van der Waals surface area contributed by atoms with Gasteiger partial charge in [0.05, 0.1) is 13.7 Å². The molecule has 1 fully saturated rings. The molecule has 1 aliphatic heterocycles. The van der Waals surface area contributed by atoms with Gasteiger partial charge in [-0.05, 0) is 48.7 Å². The number of rotatable bonds is 7. The molecule has 1 saturated heterocycles. The molecular formula is C22H27NO2. The molecule has 25 heavy (non-hydrogen) atoms. The van der Waals surface area contributed by atoms with Crippen LogP contribution in [0, 0.1) is 5.92 Å². The number of benzene rings is 2. The van der Waals surface area contributed by atoms with Gasteiger partial charge in [0.2, 0.25) is 0 Å². The van der Waals surface area contributed by atoms with E-state index < -0.39 is 0 Å². The van der Waals surface area contributed by atoms with Crippen molar-refractivity contribution in [2.75, 3.05) is 33.4 Å². The van der Waals surface area contributed by atoms with E-state index in [1.807, 2.05) is 30.3 Å². The van der Waals surface area contributed by atoms with Crippen LogP contribution in [-0.4, -0.2) is 38.3 Å². The van der Waals surface area contributed by atoms with Crippen LogP contribution < -0.4 is 9.47 Å². The summed E-state index contributed by atoms with van der Waals surface area (Å²) in [6.07, 6.45) is 3.15. The monoisotopic (exact) mass is 337 g/mol. The maximum atomic E-state index is 6.12. The maximum absolute atomic E-state index is 6.12. The van der Waals surface area contributed by atoms with Crippen LogP contribution in [0.2, 0.25) is 0 Å². The topological polar surface area (TPSA) is 21.7 Å². The van der Waals surface area contributed by atoms with Gasteiger partial charge in [-0.15, -0.1) is 6.58 Å². The standard InChI is InChI=1S/C22H27NO2/c1-3-14-23-15-13-22(18-7-5-4-6-8-18)19(16-23)17-25-21-11-9-20(24-2)10-12-21/h3-12,19,22H,1,13-17H2,2H3/t19-,22-/m1/s1. The molecule has 0 bridgehead atoms. The summed E-state index contributed by atoms with van der Waals surface area (Å²) in [6, 6.07) is 18.7. The van der Waals surface area contributed by atoms with Crippen LogP contribution in [0.3, 0.4) is 0 Å². The molecule has 0 amide bonds. The van der Waals surface area contributed by atoms with Crippen LogP contribution in [-0.2, 0) is 0 Å². The number of likely N-dealkylation sites (tertiary alicyclic amines) is 1. The Hall–Kier alpha value is -2.26. The lowest BCUT2D eigenvalue weighted by molar-refractivity contribution is 0.119. The average Bonchev–Trinajstić information content (AvgIpc) is 2.68. The molecule has 1 aliphatic rings. The zero-order valence-corrected chi connectivity index (χ0v) is 14.9. The lowest BCUT2D eigenvalue weighted by atomic mass is 9.81. The smallest absolute Gasteiger partial charge is 0.119 e. The Morgan fingerprint density at radius 1 is 1.08 bits per heavy atom. The SMILES string of the molecule is C=CCN1CC[C@H](c2ccccc2)[C@@H](COc2ccc(OC)cc2)C1. The number of nitrogens with zero attached hydrogens (tertiary/aromatic N) is 1. The summed E-state index contributed by atoms with van der Waals surface area (Å²) in [5.41, 5.74) is 1.42. The largest absolute Gasteiger partial charge is 0.497 e. The molecule has 3 nitrogen and oxygen atoms in total. The Labute approximate surface area is 150 Å². The zero-order valence-electron chi connectivity index (χ0n) is 14.9. The van der Waals surface area contributed by atoms with Gasteiger partial charge in [-0.25, -0.2) is 0 Å². The van der Waals surface area contributed by atoms with E-state index in [9.17, 15) is 0 Å². The minimum absolute atomic E-state index is 0.471. The summed E-state index contributed by atoms with van der Waals surface area (Å²) in [5.74, 6) is 2.76. The summed E-state index contributed by atoms with van der Waals surface area (Å²) in [6.45, 7) is 7.71. The molecule has 2 atom stereocenters. The normalized spacial score (nSPS) is 20.8. The second-order valence-electron chi connectivity index (χ2n) is 6.60. The van der Waals surface area contributed by atoms with Crippen LogP contribution in [0.15, 0.2) is 67.3 Å². The number of hydrogen-bond acceptors (Lipinski definition) is 3. The van der Waals surface area contributed by atoms with Crippen molar-refractivity contribution in [3.05, 3.63) is 72.8 Å². The third-order valence-corrected chi connectivity index (χ3v) is 4.96. The predicted molar refractivity (Wildman–Crippen MR) is 102 cm³/mol. The van der Waals surface area contributed by atoms with E-state index in [2.05, 4.69) is 41.8 Å². The molecule has 0 aliphatic carbocycles. The molecule has 0 spiro atoms. The summed E-state index contributed by atoms with van der Waals surface area (Å²) in [7, 11) is 1.68. The van der Waals surface area contributed by atoms with Gasteiger partial charge in [0.15, 0.2) is 0 Å². The van der Waals surface area contributed by atoms with Crippen LogP contribution in [0.1, 0.15) is 17.9 Å². The minimum Gasteiger partial charge on any atom is -0.497 e.